The van der Waals surface area contributed by atoms with Crippen molar-refractivity contribution in [3.8, 4) is 5.75 Å². The lowest BCUT2D eigenvalue weighted by atomic mass is 9.84. The van der Waals surface area contributed by atoms with E-state index in [9.17, 15) is 4.79 Å². The van der Waals surface area contributed by atoms with Crippen molar-refractivity contribution in [3.63, 3.8) is 0 Å². The smallest absolute Gasteiger partial charge is 0.315 e. The number of methoxy groups -OCH3 is 1. The van der Waals surface area contributed by atoms with Gasteiger partial charge in [-0.2, -0.15) is 0 Å². The quantitative estimate of drug-likeness (QED) is 0.716. The molecule has 0 atom stereocenters. The molecule has 0 saturated heterocycles. The zero-order chi connectivity index (χ0) is 11.8. The third-order valence-electron chi connectivity index (χ3n) is 3.11. The summed E-state index contributed by atoms with van der Waals surface area (Å²) in [6, 6.07) is 5.95. The minimum Gasteiger partial charge on any atom is -0.493 e. The molecule has 86 valence electrons. The second kappa shape index (κ2) is 3.81. The molecule has 1 aliphatic rings. The van der Waals surface area contributed by atoms with E-state index in [1.54, 1.807) is 0 Å². The molecule has 16 heavy (non-hydrogen) atoms. The van der Waals surface area contributed by atoms with E-state index in [2.05, 4.69) is 0 Å². The standard InChI is InChI=1S/C13H16O3/c1-13(2,12(14)15-3)10-5-4-9-6-7-16-11(9)8-10/h4-5,8H,6-7H2,1-3H3. The first-order valence-corrected chi connectivity index (χ1v) is 5.40. The van der Waals surface area contributed by atoms with Crippen LogP contribution in [-0.2, 0) is 21.4 Å². The molecular formula is C13H16O3. The third kappa shape index (κ3) is 1.66. The van der Waals surface area contributed by atoms with Gasteiger partial charge in [0, 0.05) is 6.42 Å². The van der Waals surface area contributed by atoms with Gasteiger partial charge in [-0.3, -0.25) is 4.79 Å². The van der Waals surface area contributed by atoms with Crippen molar-refractivity contribution < 1.29 is 14.3 Å². The molecule has 0 fully saturated rings. The Morgan fingerprint density at radius 3 is 2.88 bits per heavy atom. The van der Waals surface area contributed by atoms with E-state index in [0.717, 1.165) is 24.3 Å². The minimum absolute atomic E-state index is 0.231. The van der Waals surface area contributed by atoms with Crippen LogP contribution in [0.4, 0.5) is 0 Å². The second-order valence-corrected chi connectivity index (χ2v) is 4.54. The number of carbonyl (C=O) groups excluding carboxylic acids is 1. The molecule has 3 heteroatoms. The van der Waals surface area contributed by atoms with Gasteiger partial charge in [0.05, 0.1) is 19.1 Å². The number of benzene rings is 1. The van der Waals surface area contributed by atoms with Gasteiger partial charge in [-0.1, -0.05) is 12.1 Å². The monoisotopic (exact) mass is 220 g/mol. The van der Waals surface area contributed by atoms with Crippen molar-refractivity contribution in [1.82, 2.24) is 0 Å². The molecule has 1 aromatic rings. The lowest BCUT2D eigenvalue weighted by molar-refractivity contribution is -0.146. The fraction of sp³-hybridized carbons (Fsp3) is 0.462. The van der Waals surface area contributed by atoms with E-state index in [4.69, 9.17) is 9.47 Å². The summed E-state index contributed by atoms with van der Waals surface area (Å²) in [5, 5.41) is 0. The Labute approximate surface area is 95.4 Å². The molecule has 0 aliphatic carbocycles. The van der Waals surface area contributed by atoms with Gasteiger partial charge in [0.2, 0.25) is 0 Å². The maximum absolute atomic E-state index is 11.7. The van der Waals surface area contributed by atoms with Gasteiger partial charge < -0.3 is 9.47 Å². The van der Waals surface area contributed by atoms with Crippen molar-refractivity contribution in [3.05, 3.63) is 29.3 Å². The van der Waals surface area contributed by atoms with Crippen LogP contribution in [0.1, 0.15) is 25.0 Å². The fourth-order valence-corrected chi connectivity index (χ4v) is 1.93. The van der Waals surface area contributed by atoms with Gasteiger partial charge in [0.15, 0.2) is 0 Å². The van der Waals surface area contributed by atoms with Crippen LogP contribution in [0.15, 0.2) is 18.2 Å². The summed E-state index contributed by atoms with van der Waals surface area (Å²) in [5.74, 6) is 0.667. The molecule has 3 nitrogen and oxygen atoms in total. The van der Waals surface area contributed by atoms with Crippen LogP contribution in [-0.4, -0.2) is 19.7 Å². The number of fused-ring (bicyclic) bond motifs is 1. The van der Waals surface area contributed by atoms with E-state index in [-0.39, 0.29) is 5.97 Å². The number of rotatable bonds is 2. The third-order valence-corrected chi connectivity index (χ3v) is 3.11. The molecule has 0 amide bonds. The first kappa shape index (κ1) is 11.0. The molecule has 0 spiro atoms. The Kier molecular flexibility index (Phi) is 2.62. The molecule has 2 rings (SSSR count). The Balaban J connectivity index is 2.37. The molecule has 1 aliphatic heterocycles. The van der Waals surface area contributed by atoms with E-state index in [0.29, 0.717) is 0 Å². The van der Waals surface area contributed by atoms with Gasteiger partial charge in [-0.25, -0.2) is 0 Å². The van der Waals surface area contributed by atoms with E-state index >= 15 is 0 Å². The van der Waals surface area contributed by atoms with Gasteiger partial charge in [-0.15, -0.1) is 0 Å². The summed E-state index contributed by atoms with van der Waals surface area (Å²) >= 11 is 0. The predicted octanol–water partition coefficient (Wildman–Crippen LogP) is 2.07. The molecule has 0 N–H and O–H groups in total. The average molecular weight is 220 g/mol. The van der Waals surface area contributed by atoms with Crippen molar-refractivity contribution in [2.45, 2.75) is 25.7 Å². The van der Waals surface area contributed by atoms with Crippen LogP contribution in [0.3, 0.4) is 0 Å². The van der Waals surface area contributed by atoms with Gasteiger partial charge in [-0.05, 0) is 31.0 Å². The van der Waals surface area contributed by atoms with Gasteiger partial charge in [0.25, 0.3) is 0 Å². The van der Waals surface area contributed by atoms with Crippen LogP contribution in [0.2, 0.25) is 0 Å². The highest BCUT2D eigenvalue weighted by Crippen LogP contribution is 2.32. The predicted molar refractivity (Wildman–Crippen MR) is 60.7 cm³/mol. The van der Waals surface area contributed by atoms with Gasteiger partial charge >= 0.3 is 5.97 Å². The van der Waals surface area contributed by atoms with Crippen molar-refractivity contribution in [1.29, 1.82) is 0 Å². The van der Waals surface area contributed by atoms with E-state index < -0.39 is 5.41 Å². The first-order valence-electron chi connectivity index (χ1n) is 5.40. The molecule has 1 heterocycles. The lowest BCUT2D eigenvalue weighted by Gasteiger charge is -2.22. The number of carbonyl (C=O) groups is 1. The van der Waals surface area contributed by atoms with Crippen LogP contribution >= 0.6 is 0 Å². The molecule has 0 radical (unpaired) electrons. The summed E-state index contributed by atoms with van der Waals surface area (Å²) in [6.45, 7) is 4.45. The highest BCUT2D eigenvalue weighted by molar-refractivity contribution is 5.82. The topological polar surface area (TPSA) is 35.5 Å². The molecular weight excluding hydrogens is 204 g/mol. The first-order chi connectivity index (χ1) is 7.55. The van der Waals surface area contributed by atoms with Crippen LogP contribution in [0.25, 0.3) is 0 Å². The summed E-state index contributed by atoms with van der Waals surface area (Å²) < 4.78 is 10.3. The summed E-state index contributed by atoms with van der Waals surface area (Å²) in [5.41, 5.74) is 1.51. The summed E-state index contributed by atoms with van der Waals surface area (Å²) in [7, 11) is 1.41. The van der Waals surface area contributed by atoms with Crippen molar-refractivity contribution >= 4 is 5.97 Å². The number of hydrogen-bond acceptors (Lipinski definition) is 3. The van der Waals surface area contributed by atoms with Gasteiger partial charge in [0.1, 0.15) is 5.75 Å². The second-order valence-electron chi connectivity index (χ2n) is 4.54. The molecule has 0 aromatic heterocycles. The molecule has 0 bridgehead atoms. The Morgan fingerprint density at radius 1 is 1.44 bits per heavy atom. The maximum Gasteiger partial charge on any atom is 0.315 e. The Bertz CT molecular complexity index is 421. The highest BCUT2D eigenvalue weighted by Gasteiger charge is 2.31. The lowest BCUT2D eigenvalue weighted by Crippen LogP contribution is -2.30. The molecule has 1 aromatic carbocycles. The maximum atomic E-state index is 11.7. The summed E-state index contributed by atoms with van der Waals surface area (Å²) in [4.78, 5) is 11.7. The molecule has 0 saturated carbocycles. The Morgan fingerprint density at radius 2 is 2.19 bits per heavy atom. The number of esters is 1. The Hall–Kier alpha value is -1.51. The van der Waals surface area contributed by atoms with Crippen LogP contribution in [0.5, 0.6) is 5.75 Å². The molecule has 0 unspecified atom stereocenters. The van der Waals surface area contributed by atoms with Crippen molar-refractivity contribution in [2.75, 3.05) is 13.7 Å². The zero-order valence-corrected chi connectivity index (χ0v) is 9.87. The summed E-state index contributed by atoms with van der Waals surface area (Å²) in [6.07, 6.45) is 0.953. The van der Waals surface area contributed by atoms with E-state index in [1.165, 1.54) is 12.7 Å². The average Bonchev–Trinajstić information content (AvgIpc) is 2.74. The van der Waals surface area contributed by atoms with Crippen LogP contribution < -0.4 is 4.74 Å². The number of hydrogen-bond donors (Lipinski definition) is 0. The highest BCUT2D eigenvalue weighted by atomic mass is 16.5. The van der Waals surface area contributed by atoms with Crippen LogP contribution in [0, 0.1) is 0 Å². The fourth-order valence-electron chi connectivity index (χ4n) is 1.93. The largest absolute Gasteiger partial charge is 0.493 e. The zero-order valence-electron chi connectivity index (χ0n) is 9.87. The normalized spacial score (nSPS) is 14.2. The number of ether oxygens (including phenoxy) is 2. The van der Waals surface area contributed by atoms with E-state index in [1.807, 2.05) is 32.0 Å². The SMILES string of the molecule is COC(=O)C(C)(C)c1ccc2c(c1)OCC2. The minimum atomic E-state index is -0.629. The van der Waals surface area contributed by atoms with Crippen molar-refractivity contribution in [2.24, 2.45) is 0 Å².